The van der Waals surface area contributed by atoms with E-state index in [2.05, 4.69) is 5.32 Å². The molecule has 0 aromatic carbocycles. The van der Waals surface area contributed by atoms with Gasteiger partial charge in [0.2, 0.25) is 5.91 Å². The average Bonchev–Trinajstić information content (AvgIpc) is 2.63. The number of carbonyl (C=O) groups is 2. The number of carboxylic acid groups (broad SMARTS) is 1. The zero-order valence-corrected chi connectivity index (χ0v) is 8.76. The first-order chi connectivity index (χ1) is 7.56. The number of rotatable bonds is 5. The van der Waals surface area contributed by atoms with Crippen LogP contribution in [0.2, 0.25) is 0 Å². The number of aliphatic hydroxyl groups is 1. The Kier molecular flexibility index (Phi) is 4.66. The van der Waals surface area contributed by atoms with E-state index < -0.39 is 29.9 Å². The molecular weight excluding hydrogens is 216 g/mol. The fraction of sp³-hybridized carbons (Fsp3) is 0.778. The molecule has 1 heterocycles. The van der Waals surface area contributed by atoms with Crippen LogP contribution in [0.5, 0.6) is 0 Å². The Hall–Kier alpha value is -1.18. The molecule has 0 bridgehead atoms. The third-order valence-corrected chi connectivity index (χ3v) is 2.49. The van der Waals surface area contributed by atoms with Crippen molar-refractivity contribution in [2.24, 2.45) is 11.7 Å². The summed E-state index contributed by atoms with van der Waals surface area (Å²) in [5, 5.41) is 19.8. The van der Waals surface area contributed by atoms with Gasteiger partial charge in [-0.3, -0.25) is 4.79 Å². The SMILES string of the molecule is NC1COCC1C(=O)NC(CCO)C(=O)O. The third kappa shape index (κ3) is 3.16. The second kappa shape index (κ2) is 5.78. The molecule has 0 aromatic heterocycles. The van der Waals surface area contributed by atoms with Gasteiger partial charge in [-0.05, 0) is 0 Å². The molecule has 0 spiro atoms. The molecule has 0 saturated carbocycles. The van der Waals surface area contributed by atoms with Crippen molar-refractivity contribution in [3.05, 3.63) is 0 Å². The number of aliphatic hydroxyl groups excluding tert-OH is 1. The molecule has 3 atom stereocenters. The van der Waals surface area contributed by atoms with Gasteiger partial charge in [-0.1, -0.05) is 0 Å². The molecule has 1 fully saturated rings. The highest BCUT2D eigenvalue weighted by molar-refractivity contribution is 5.85. The van der Waals surface area contributed by atoms with Gasteiger partial charge < -0.3 is 26.0 Å². The third-order valence-electron chi connectivity index (χ3n) is 2.49. The maximum absolute atomic E-state index is 11.6. The van der Waals surface area contributed by atoms with Gasteiger partial charge in [-0.15, -0.1) is 0 Å². The van der Waals surface area contributed by atoms with Crippen molar-refractivity contribution in [3.8, 4) is 0 Å². The summed E-state index contributed by atoms with van der Waals surface area (Å²) in [5.74, 6) is -2.12. The van der Waals surface area contributed by atoms with Crippen molar-refractivity contribution in [2.75, 3.05) is 19.8 Å². The second-order valence-corrected chi connectivity index (χ2v) is 3.72. The van der Waals surface area contributed by atoms with Crippen molar-refractivity contribution in [1.82, 2.24) is 5.32 Å². The molecule has 1 aliphatic rings. The van der Waals surface area contributed by atoms with E-state index in [9.17, 15) is 9.59 Å². The van der Waals surface area contributed by atoms with E-state index in [1.54, 1.807) is 0 Å². The number of nitrogens with two attached hydrogens (primary N) is 1. The molecular formula is C9H16N2O5. The van der Waals surface area contributed by atoms with Crippen LogP contribution in [0, 0.1) is 5.92 Å². The molecule has 7 heteroatoms. The summed E-state index contributed by atoms with van der Waals surface area (Å²) in [6, 6.07) is -1.48. The number of aliphatic carboxylic acids is 1. The van der Waals surface area contributed by atoms with Gasteiger partial charge in [-0.2, -0.15) is 0 Å². The van der Waals surface area contributed by atoms with Gasteiger partial charge in [0.05, 0.1) is 19.1 Å². The van der Waals surface area contributed by atoms with Gasteiger partial charge in [0, 0.05) is 19.1 Å². The Morgan fingerprint density at radius 2 is 2.19 bits per heavy atom. The van der Waals surface area contributed by atoms with E-state index in [1.807, 2.05) is 0 Å². The Morgan fingerprint density at radius 1 is 1.50 bits per heavy atom. The summed E-state index contributed by atoms with van der Waals surface area (Å²) in [5.41, 5.74) is 5.62. The first kappa shape index (κ1) is 12.9. The molecule has 1 saturated heterocycles. The summed E-state index contributed by atoms with van der Waals surface area (Å²) in [4.78, 5) is 22.4. The number of carboxylic acids is 1. The normalized spacial score (nSPS) is 26.4. The number of ether oxygens (including phenoxy) is 1. The average molecular weight is 232 g/mol. The van der Waals surface area contributed by atoms with Crippen molar-refractivity contribution in [1.29, 1.82) is 0 Å². The van der Waals surface area contributed by atoms with E-state index in [0.29, 0.717) is 6.61 Å². The Balaban J connectivity index is 2.50. The Bertz CT molecular complexity index is 271. The number of nitrogens with one attached hydrogen (secondary N) is 1. The minimum Gasteiger partial charge on any atom is -0.480 e. The van der Waals surface area contributed by atoms with Crippen LogP contribution in [-0.2, 0) is 14.3 Å². The van der Waals surface area contributed by atoms with E-state index in [1.165, 1.54) is 0 Å². The summed E-state index contributed by atoms with van der Waals surface area (Å²) in [6.45, 7) is 0.207. The van der Waals surface area contributed by atoms with E-state index in [-0.39, 0.29) is 19.6 Å². The topological polar surface area (TPSA) is 122 Å². The second-order valence-electron chi connectivity index (χ2n) is 3.72. The molecule has 92 valence electrons. The molecule has 0 radical (unpaired) electrons. The van der Waals surface area contributed by atoms with Crippen molar-refractivity contribution in [3.63, 3.8) is 0 Å². The smallest absolute Gasteiger partial charge is 0.326 e. The maximum atomic E-state index is 11.6. The van der Waals surface area contributed by atoms with Crippen LogP contribution in [0.1, 0.15) is 6.42 Å². The zero-order chi connectivity index (χ0) is 12.1. The van der Waals surface area contributed by atoms with Crippen molar-refractivity contribution in [2.45, 2.75) is 18.5 Å². The first-order valence-electron chi connectivity index (χ1n) is 5.03. The number of hydrogen-bond donors (Lipinski definition) is 4. The molecule has 0 aliphatic carbocycles. The molecule has 5 N–H and O–H groups in total. The lowest BCUT2D eigenvalue weighted by Gasteiger charge is -2.17. The first-order valence-corrected chi connectivity index (χ1v) is 5.03. The highest BCUT2D eigenvalue weighted by Gasteiger charge is 2.33. The minimum absolute atomic E-state index is 0.0239. The van der Waals surface area contributed by atoms with Crippen LogP contribution in [0.15, 0.2) is 0 Å². The lowest BCUT2D eigenvalue weighted by molar-refractivity contribution is -0.143. The largest absolute Gasteiger partial charge is 0.480 e. The predicted octanol–water partition coefficient (Wildman–Crippen LogP) is -2.09. The van der Waals surface area contributed by atoms with Gasteiger partial charge in [0.1, 0.15) is 6.04 Å². The summed E-state index contributed by atoms with van der Waals surface area (Å²) in [6.07, 6.45) is -0.0239. The maximum Gasteiger partial charge on any atom is 0.326 e. The van der Waals surface area contributed by atoms with Crippen LogP contribution < -0.4 is 11.1 Å². The monoisotopic (exact) mass is 232 g/mol. The summed E-state index contributed by atoms with van der Waals surface area (Å²) >= 11 is 0. The molecule has 1 aliphatic heterocycles. The minimum atomic E-state index is -1.17. The summed E-state index contributed by atoms with van der Waals surface area (Å²) < 4.78 is 5.01. The standard InChI is InChI=1S/C9H16N2O5/c10-6-4-16-3-5(6)8(13)11-7(1-2-12)9(14)15/h5-7,12H,1-4,10H2,(H,11,13)(H,14,15). The van der Waals surface area contributed by atoms with Gasteiger partial charge in [0.15, 0.2) is 0 Å². The predicted molar refractivity (Wildman–Crippen MR) is 53.6 cm³/mol. The van der Waals surface area contributed by atoms with Crippen LogP contribution in [0.25, 0.3) is 0 Å². The van der Waals surface area contributed by atoms with Crippen LogP contribution in [0.3, 0.4) is 0 Å². The molecule has 16 heavy (non-hydrogen) atoms. The fourth-order valence-electron chi connectivity index (χ4n) is 1.51. The van der Waals surface area contributed by atoms with E-state index in [4.69, 9.17) is 20.7 Å². The molecule has 1 rings (SSSR count). The van der Waals surface area contributed by atoms with Crippen LogP contribution in [0.4, 0.5) is 0 Å². The van der Waals surface area contributed by atoms with E-state index >= 15 is 0 Å². The van der Waals surface area contributed by atoms with Crippen LogP contribution in [-0.4, -0.2) is 54.0 Å². The van der Waals surface area contributed by atoms with Crippen LogP contribution >= 0.6 is 0 Å². The van der Waals surface area contributed by atoms with Crippen molar-refractivity contribution < 1.29 is 24.5 Å². The lowest BCUT2D eigenvalue weighted by Crippen LogP contribution is -2.48. The fourth-order valence-corrected chi connectivity index (χ4v) is 1.51. The summed E-state index contributed by atoms with van der Waals surface area (Å²) in [7, 11) is 0. The van der Waals surface area contributed by atoms with Gasteiger partial charge in [0.25, 0.3) is 0 Å². The lowest BCUT2D eigenvalue weighted by atomic mass is 10.0. The molecule has 1 amide bonds. The molecule has 0 aromatic rings. The van der Waals surface area contributed by atoms with Gasteiger partial charge >= 0.3 is 5.97 Å². The number of amides is 1. The van der Waals surface area contributed by atoms with Gasteiger partial charge in [-0.25, -0.2) is 4.79 Å². The van der Waals surface area contributed by atoms with E-state index in [0.717, 1.165) is 0 Å². The zero-order valence-electron chi connectivity index (χ0n) is 8.76. The van der Waals surface area contributed by atoms with Crippen molar-refractivity contribution >= 4 is 11.9 Å². The quantitative estimate of drug-likeness (QED) is 0.431. The number of hydrogen-bond acceptors (Lipinski definition) is 5. The highest BCUT2D eigenvalue weighted by Crippen LogP contribution is 2.12. The Labute approximate surface area is 92.6 Å². The highest BCUT2D eigenvalue weighted by atomic mass is 16.5. The Morgan fingerprint density at radius 3 is 2.62 bits per heavy atom. The molecule has 7 nitrogen and oxygen atoms in total. The molecule has 3 unspecified atom stereocenters. The number of carbonyl (C=O) groups excluding carboxylic acids is 1.